The lowest BCUT2D eigenvalue weighted by Crippen LogP contribution is -2.24. The number of esters is 1. The van der Waals surface area contributed by atoms with Crippen LogP contribution in [0.4, 0.5) is 0 Å². The van der Waals surface area contributed by atoms with Crippen LogP contribution in [0.2, 0.25) is 0 Å². The van der Waals surface area contributed by atoms with Crippen LogP contribution in [0.1, 0.15) is 241 Å². The molecular weight excluding hydrogens is 837 g/mol. The van der Waals surface area contributed by atoms with Crippen molar-refractivity contribution in [1.82, 2.24) is 0 Å². The summed E-state index contributed by atoms with van der Waals surface area (Å²) in [5.74, 6) is -0.844. The van der Waals surface area contributed by atoms with E-state index in [-0.39, 0.29) is 38.4 Å². The van der Waals surface area contributed by atoms with Crippen molar-refractivity contribution in [3.63, 3.8) is 0 Å². The maximum atomic E-state index is 14.7. The van der Waals surface area contributed by atoms with E-state index in [1.165, 1.54) is 17.2 Å². The zero-order chi connectivity index (χ0) is 51.7. The second-order valence-electron chi connectivity index (χ2n) is 24.4. The number of benzene rings is 4. The van der Waals surface area contributed by atoms with Gasteiger partial charge < -0.3 is 14.9 Å². The number of carbonyl (C=O) groups excluding carboxylic acids is 1. The summed E-state index contributed by atoms with van der Waals surface area (Å²) in [4.78, 5) is 26.6. The van der Waals surface area contributed by atoms with Crippen LogP contribution in [0.3, 0.4) is 0 Å². The fourth-order valence-electron chi connectivity index (χ4n) is 9.16. The van der Waals surface area contributed by atoms with E-state index in [4.69, 9.17) is 4.74 Å². The van der Waals surface area contributed by atoms with E-state index in [1.807, 2.05) is 6.08 Å². The van der Waals surface area contributed by atoms with Crippen molar-refractivity contribution in [1.29, 1.82) is 0 Å². The average Bonchev–Trinajstić information content (AvgIpc) is 3.24. The predicted octanol–water partition coefficient (Wildman–Crippen LogP) is 16.8. The molecule has 0 saturated heterocycles. The van der Waals surface area contributed by atoms with Gasteiger partial charge in [-0.15, -0.1) is 0 Å². The van der Waals surface area contributed by atoms with Crippen molar-refractivity contribution in [2.45, 2.75) is 216 Å². The van der Waals surface area contributed by atoms with E-state index in [1.54, 1.807) is 12.2 Å². The lowest BCUT2D eigenvalue weighted by molar-refractivity contribution is -0.131. The monoisotopic (exact) mass is 925 g/mol. The van der Waals surface area contributed by atoms with Crippen LogP contribution in [0, 0.1) is 13.8 Å². The molecule has 0 radical (unpaired) electrons. The first kappa shape index (κ1) is 55.7. The quantitative estimate of drug-likeness (QED) is 0.0626. The number of ether oxygens (including phenoxy) is 1. The van der Waals surface area contributed by atoms with Gasteiger partial charge in [-0.1, -0.05) is 191 Å². The highest BCUT2D eigenvalue weighted by molar-refractivity contribution is 5.90. The molecule has 5 heteroatoms. The van der Waals surface area contributed by atoms with Crippen LogP contribution in [-0.2, 0) is 48.5 Å². The molecule has 0 aliphatic carbocycles. The Hall–Kier alpha value is -4.90. The van der Waals surface area contributed by atoms with Gasteiger partial charge in [0.25, 0.3) is 0 Å². The molecule has 5 nitrogen and oxygen atoms in total. The fraction of sp³-hybridized carbons (Fsp3) is 0.524. The van der Waals surface area contributed by atoms with E-state index in [0.29, 0.717) is 17.9 Å². The standard InChI is InChI=1S/C63H88O5/c1-22-60(14,15)44-35-48(41(7)49-36-45(61(16,17)23-2)38-52(56(49)67)63(20,21)25-4)47(51(37-44)62(18,19)24-3)27-29-55(66)68-57-43(31-40(6)33-53(57)59(11,12)13)34-42-30-39(5)32-50(58(8,9)10)46(42)26-28-54(64)65/h26-33,35-38,41,67H,22-25,34H2,1-21H3,(H,64,65). The van der Waals surface area contributed by atoms with Crippen LogP contribution >= 0.6 is 0 Å². The van der Waals surface area contributed by atoms with Gasteiger partial charge in [-0.2, -0.15) is 0 Å². The van der Waals surface area contributed by atoms with Crippen LogP contribution in [0.15, 0.2) is 60.7 Å². The summed E-state index contributed by atoms with van der Waals surface area (Å²) in [5, 5.41) is 22.2. The molecule has 4 aromatic rings. The summed E-state index contributed by atoms with van der Waals surface area (Å²) < 4.78 is 6.62. The van der Waals surface area contributed by atoms with Crippen molar-refractivity contribution in [2.24, 2.45) is 0 Å². The van der Waals surface area contributed by atoms with E-state index < -0.39 is 11.9 Å². The van der Waals surface area contributed by atoms with E-state index >= 15 is 0 Å². The van der Waals surface area contributed by atoms with Gasteiger partial charge in [-0.3, -0.25) is 0 Å². The smallest absolute Gasteiger partial charge is 0.336 e. The molecule has 0 heterocycles. The minimum absolute atomic E-state index is 0.111. The highest BCUT2D eigenvalue weighted by Crippen LogP contribution is 2.47. The number of aliphatic carboxylic acids is 1. The molecular formula is C63H88O5. The van der Waals surface area contributed by atoms with Crippen molar-refractivity contribution >= 4 is 24.1 Å². The first-order valence-electron chi connectivity index (χ1n) is 25.3. The summed E-state index contributed by atoms with van der Waals surface area (Å²) in [6, 6.07) is 17.6. The SMILES string of the molecule is CCC(C)(C)c1cc(C(C)c2cc(C(C)(C)CC)cc(C(C)(C)CC)c2C=CC(=O)Oc2c(Cc3cc(C)cc(C(C)(C)C)c3C=CC(=O)O)cc(C)cc2C(C)(C)C)c(O)c(C(C)(C)CC)c1. The molecule has 0 saturated carbocycles. The molecule has 0 aromatic heterocycles. The Morgan fingerprint density at radius 3 is 1.47 bits per heavy atom. The largest absolute Gasteiger partial charge is 0.507 e. The molecule has 0 amide bonds. The van der Waals surface area contributed by atoms with Gasteiger partial charge in [0.1, 0.15) is 11.5 Å². The average molecular weight is 925 g/mol. The van der Waals surface area contributed by atoms with Crippen LogP contribution in [0.25, 0.3) is 12.2 Å². The van der Waals surface area contributed by atoms with Crippen molar-refractivity contribution in [3.8, 4) is 11.5 Å². The van der Waals surface area contributed by atoms with E-state index in [0.717, 1.165) is 92.4 Å². The second kappa shape index (κ2) is 20.6. The minimum atomic E-state index is -1.01. The van der Waals surface area contributed by atoms with Gasteiger partial charge in [0.2, 0.25) is 0 Å². The molecule has 1 unspecified atom stereocenters. The van der Waals surface area contributed by atoms with Gasteiger partial charge in [0.05, 0.1) is 0 Å². The Morgan fingerprint density at radius 2 is 0.985 bits per heavy atom. The van der Waals surface area contributed by atoms with Crippen molar-refractivity contribution in [3.05, 3.63) is 139 Å². The number of hydrogen-bond donors (Lipinski definition) is 2. The van der Waals surface area contributed by atoms with Gasteiger partial charge in [0.15, 0.2) is 0 Å². The van der Waals surface area contributed by atoms with Crippen molar-refractivity contribution < 1.29 is 24.5 Å². The second-order valence-corrected chi connectivity index (χ2v) is 24.4. The highest BCUT2D eigenvalue weighted by Gasteiger charge is 2.34. The van der Waals surface area contributed by atoms with Crippen LogP contribution < -0.4 is 4.74 Å². The number of phenolic OH excluding ortho intramolecular Hbond substituents is 1. The first-order valence-corrected chi connectivity index (χ1v) is 25.3. The molecule has 68 heavy (non-hydrogen) atoms. The summed E-state index contributed by atoms with van der Waals surface area (Å²) in [6.45, 7) is 46.2. The fourth-order valence-corrected chi connectivity index (χ4v) is 9.16. The zero-order valence-corrected chi connectivity index (χ0v) is 46.2. The molecule has 0 bridgehead atoms. The summed E-state index contributed by atoms with van der Waals surface area (Å²) in [5.41, 5.74) is 12.9. The van der Waals surface area contributed by atoms with Crippen molar-refractivity contribution in [2.75, 3.05) is 0 Å². The molecule has 0 spiro atoms. The summed E-state index contributed by atoms with van der Waals surface area (Å²) in [7, 11) is 0. The number of rotatable bonds is 17. The number of carboxylic acid groups (broad SMARTS) is 1. The molecule has 1 atom stereocenters. The Bertz CT molecular complexity index is 2560. The number of hydrogen-bond acceptors (Lipinski definition) is 4. The molecule has 4 aromatic carbocycles. The Kier molecular flexibility index (Phi) is 16.9. The lowest BCUT2D eigenvalue weighted by atomic mass is 9.70. The first-order chi connectivity index (χ1) is 31.1. The summed E-state index contributed by atoms with van der Waals surface area (Å²) in [6.07, 6.45) is 10.6. The van der Waals surface area contributed by atoms with Crippen LogP contribution in [0.5, 0.6) is 11.5 Å². The van der Waals surface area contributed by atoms with Crippen LogP contribution in [-0.4, -0.2) is 22.2 Å². The summed E-state index contributed by atoms with van der Waals surface area (Å²) >= 11 is 0. The number of phenols is 1. The van der Waals surface area contributed by atoms with Gasteiger partial charge in [0, 0.05) is 41.2 Å². The number of aryl methyl sites for hydroxylation is 2. The predicted molar refractivity (Wildman–Crippen MR) is 289 cm³/mol. The molecule has 0 aliphatic heterocycles. The minimum Gasteiger partial charge on any atom is -0.507 e. The Morgan fingerprint density at radius 1 is 0.544 bits per heavy atom. The van der Waals surface area contributed by atoms with E-state index in [9.17, 15) is 19.8 Å². The number of carboxylic acids is 1. The third-order valence-corrected chi connectivity index (χ3v) is 15.5. The molecule has 4 rings (SSSR count). The third-order valence-electron chi connectivity index (χ3n) is 15.5. The highest BCUT2D eigenvalue weighted by atomic mass is 16.5. The molecule has 0 fully saturated rings. The van der Waals surface area contributed by atoms with Gasteiger partial charge >= 0.3 is 11.9 Å². The molecule has 2 N–H and O–H groups in total. The molecule has 370 valence electrons. The third kappa shape index (κ3) is 12.5. The lowest BCUT2D eigenvalue weighted by Gasteiger charge is -2.34. The van der Waals surface area contributed by atoms with Gasteiger partial charge in [-0.25, -0.2) is 9.59 Å². The maximum absolute atomic E-state index is 14.7. The zero-order valence-electron chi connectivity index (χ0n) is 46.2. The van der Waals surface area contributed by atoms with E-state index in [2.05, 4.69) is 194 Å². The Labute approximate surface area is 412 Å². The number of carbonyl (C=O) groups is 2. The maximum Gasteiger partial charge on any atom is 0.336 e. The topological polar surface area (TPSA) is 83.8 Å². The normalized spacial score (nSPS) is 13.7. The number of aromatic hydroxyl groups is 1. The molecule has 0 aliphatic rings. The van der Waals surface area contributed by atoms with Gasteiger partial charge in [-0.05, 0) is 134 Å². The Balaban J connectivity index is 2.05.